The van der Waals surface area contributed by atoms with Gasteiger partial charge in [0.1, 0.15) is 24.7 Å². The zero-order valence-corrected chi connectivity index (χ0v) is 17.0. The van der Waals surface area contributed by atoms with Gasteiger partial charge in [-0.3, -0.25) is 9.59 Å². The molecule has 0 aliphatic rings. The van der Waals surface area contributed by atoms with Gasteiger partial charge in [0.2, 0.25) is 5.91 Å². The Bertz CT molecular complexity index is 803. The SMILES string of the molecule is CC(C)c1ccccc1OCCOc1cccc(CCNC(=O)CCC(=O)O)c1. The second-order valence-electron chi connectivity index (χ2n) is 7.03. The van der Waals surface area contributed by atoms with Crippen LogP contribution in [0.3, 0.4) is 0 Å². The lowest BCUT2D eigenvalue weighted by Gasteiger charge is -2.14. The summed E-state index contributed by atoms with van der Waals surface area (Å²) in [6.45, 7) is 5.62. The van der Waals surface area contributed by atoms with Crippen LogP contribution >= 0.6 is 0 Å². The Hall–Kier alpha value is -3.02. The number of carboxylic acids is 1. The second-order valence-corrected chi connectivity index (χ2v) is 7.03. The summed E-state index contributed by atoms with van der Waals surface area (Å²) >= 11 is 0. The first-order valence-electron chi connectivity index (χ1n) is 9.87. The molecule has 2 rings (SSSR count). The highest BCUT2D eigenvalue weighted by atomic mass is 16.5. The number of ether oxygens (including phenoxy) is 2. The highest BCUT2D eigenvalue weighted by Crippen LogP contribution is 2.25. The minimum Gasteiger partial charge on any atom is -0.490 e. The van der Waals surface area contributed by atoms with Crippen LogP contribution in [0.4, 0.5) is 0 Å². The molecule has 0 saturated carbocycles. The van der Waals surface area contributed by atoms with Crippen LogP contribution in [0, 0.1) is 0 Å². The minimum absolute atomic E-state index is 0.00157. The van der Waals surface area contributed by atoms with E-state index in [1.54, 1.807) is 0 Å². The van der Waals surface area contributed by atoms with Crippen LogP contribution in [0.25, 0.3) is 0 Å². The quantitative estimate of drug-likeness (QED) is 0.531. The molecule has 6 heteroatoms. The summed E-state index contributed by atoms with van der Waals surface area (Å²) < 4.78 is 11.7. The highest BCUT2D eigenvalue weighted by Gasteiger charge is 2.07. The number of carbonyl (C=O) groups excluding carboxylic acids is 1. The summed E-state index contributed by atoms with van der Waals surface area (Å²) in [5, 5.41) is 11.3. The molecule has 0 aliphatic carbocycles. The number of rotatable bonds is 12. The molecular weight excluding hydrogens is 370 g/mol. The maximum absolute atomic E-state index is 11.5. The largest absolute Gasteiger partial charge is 0.490 e. The molecule has 1 amide bonds. The standard InChI is InChI=1S/C23H29NO5/c1-17(2)20-8-3-4-9-21(20)29-15-14-28-19-7-5-6-18(16-19)12-13-24-22(25)10-11-23(26)27/h3-9,16-17H,10-15H2,1-2H3,(H,24,25)(H,26,27). The first-order valence-corrected chi connectivity index (χ1v) is 9.87. The molecule has 156 valence electrons. The molecule has 2 aromatic rings. The predicted molar refractivity (Wildman–Crippen MR) is 112 cm³/mol. The first-order chi connectivity index (χ1) is 14.0. The van der Waals surface area contributed by atoms with E-state index in [4.69, 9.17) is 14.6 Å². The van der Waals surface area contributed by atoms with Crippen molar-refractivity contribution in [1.29, 1.82) is 0 Å². The topological polar surface area (TPSA) is 84.9 Å². The van der Waals surface area contributed by atoms with Gasteiger partial charge in [-0.1, -0.05) is 44.2 Å². The molecule has 0 radical (unpaired) electrons. The monoisotopic (exact) mass is 399 g/mol. The third kappa shape index (κ3) is 8.25. The molecule has 2 N–H and O–H groups in total. The van der Waals surface area contributed by atoms with Crippen molar-refractivity contribution in [3.8, 4) is 11.5 Å². The van der Waals surface area contributed by atoms with E-state index >= 15 is 0 Å². The summed E-state index contributed by atoms with van der Waals surface area (Å²) in [7, 11) is 0. The summed E-state index contributed by atoms with van der Waals surface area (Å²) in [6, 6.07) is 15.7. The molecule has 0 aliphatic heterocycles. The Labute approximate surface area is 171 Å². The Morgan fingerprint density at radius 3 is 2.52 bits per heavy atom. The second kappa shape index (κ2) is 11.7. The zero-order valence-electron chi connectivity index (χ0n) is 17.0. The molecule has 2 aromatic carbocycles. The van der Waals surface area contributed by atoms with Gasteiger partial charge in [-0.25, -0.2) is 0 Å². The number of benzene rings is 2. The van der Waals surface area contributed by atoms with Gasteiger partial charge in [-0.05, 0) is 41.7 Å². The fourth-order valence-electron chi connectivity index (χ4n) is 2.85. The van der Waals surface area contributed by atoms with Gasteiger partial charge in [-0.2, -0.15) is 0 Å². The van der Waals surface area contributed by atoms with Crippen molar-refractivity contribution in [2.45, 2.75) is 39.0 Å². The number of hydrogen-bond acceptors (Lipinski definition) is 4. The maximum atomic E-state index is 11.5. The van der Waals surface area contributed by atoms with Crippen LogP contribution in [-0.2, 0) is 16.0 Å². The van der Waals surface area contributed by atoms with Gasteiger partial charge >= 0.3 is 5.97 Å². The van der Waals surface area contributed by atoms with Gasteiger partial charge in [-0.15, -0.1) is 0 Å². The van der Waals surface area contributed by atoms with Crippen molar-refractivity contribution in [2.75, 3.05) is 19.8 Å². The van der Waals surface area contributed by atoms with Crippen molar-refractivity contribution in [3.63, 3.8) is 0 Å². The van der Waals surface area contributed by atoms with E-state index in [0.29, 0.717) is 32.1 Å². The summed E-state index contributed by atoms with van der Waals surface area (Å²) in [5.41, 5.74) is 2.21. The van der Waals surface area contributed by atoms with Crippen LogP contribution in [0.5, 0.6) is 11.5 Å². The van der Waals surface area contributed by atoms with E-state index in [9.17, 15) is 9.59 Å². The molecule has 29 heavy (non-hydrogen) atoms. The average molecular weight is 399 g/mol. The Morgan fingerprint density at radius 1 is 1.00 bits per heavy atom. The number of hydrogen-bond donors (Lipinski definition) is 2. The Morgan fingerprint density at radius 2 is 1.76 bits per heavy atom. The number of nitrogens with one attached hydrogen (secondary N) is 1. The Balaban J connectivity index is 1.73. The summed E-state index contributed by atoms with van der Waals surface area (Å²) in [6.07, 6.45) is 0.492. The normalized spacial score (nSPS) is 10.6. The van der Waals surface area contributed by atoms with Gasteiger partial charge in [0.15, 0.2) is 0 Å². The van der Waals surface area contributed by atoms with Gasteiger partial charge in [0, 0.05) is 13.0 Å². The van der Waals surface area contributed by atoms with E-state index in [1.807, 2.05) is 42.5 Å². The van der Waals surface area contributed by atoms with Crippen molar-refractivity contribution in [1.82, 2.24) is 5.32 Å². The van der Waals surface area contributed by atoms with E-state index in [-0.39, 0.29) is 18.7 Å². The third-order valence-electron chi connectivity index (χ3n) is 4.35. The van der Waals surface area contributed by atoms with Crippen LogP contribution < -0.4 is 14.8 Å². The zero-order chi connectivity index (χ0) is 21.1. The van der Waals surface area contributed by atoms with Crippen molar-refractivity contribution >= 4 is 11.9 Å². The van der Waals surface area contributed by atoms with E-state index < -0.39 is 5.97 Å². The van der Waals surface area contributed by atoms with Crippen LogP contribution in [-0.4, -0.2) is 36.7 Å². The van der Waals surface area contributed by atoms with E-state index in [0.717, 1.165) is 17.1 Å². The molecule has 0 heterocycles. The smallest absolute Gasteiger partial charge is 0.303 e. The van der Waals surface area contributed by atoms with Crippen LogP contribution in [0.2, 0.25) is 0 Å². The highest BCUT2D eigenvalue weighted by molar-refractivity contribution is 5.80. The van der Waals surface area contributed by atoms with Gasteiger partial charge in [0.25, 0.3) is 0 Å². The minimum atomic E-state index is -0.971. The fraction of sp³-hybridized carbons (Fsp3) is 0.391. The number of aliphatic carboxylic acids is 1. The first kappa shape index (κ1) is 22.3. The average Bonchev–Trinajstić information content (AvgIpc) is 2.70. The van der Waals surface area contributed by atoms with E-state index in [1.165, 1.54) is 5.56 Å². The molecule has 0 unspecified atom stereocenters. The molecule has 0 spiro atoms. The molecule has 0 saturated heterocycles. The van der Waals surface area contributed by atoms with Gasteiger partial charge < -0.3 is 19.9 Å². The number of para-hydroxylation sites is 1. The molecule has 0 fully saturated rings. The molecule has 0 atom stereocenters. The van der Waals surface area contributed by atoms with Crippen molar-refractivity contribution < 1.29 is 24.2 Å². The van der Waals surface area contributed by atoms with Crippen molar-refractivity contribution in [3.05, 3.63) is 59.7 Å². The number of carbonyl (C=O) groups is 2. The van der Waals surface area contributed by atoms with Crippen LogP contribution in [0.1, 0.15) is 43.7 Å². The molecule has 0 aromatic heterocycles. The summed E-state index contributed by atoms with van der Waals surface area (Å²) in [4.78, 5) is 22.0. The maximum Gasteiger partial charge on any atom is 0.303 e. The van der Waals surface area contributed by atoms with E-state index in [2.05, 4.69) is 25.2 Å². The lowest BCUT2D eigenvalue weighted by atomic mass is 10.0. The predicted octanol–water partition coefficient (Wildman–Crippen LogP) is 3.79. The third-order valence-corrected chi connectivity index (χ3v) is 4.35. The fourth-order valence-corrected chi connectivity index (χ4v) is 2.85. The van der Waals surface area contributed by atoms with Gasteiger partial charge in [0.05, 0.1) is 6.42 Å². The van der Waals surface area contributed by atoms with Crippen LogP contribution in [0.15, 0.2) is 48.5 Å². The Kier molecular flexibility index (Phi) is 9.02. The molecule has 0 bridgehead atoms. The number of amides is 1. The lowest BCUT2D eigenvalue weighted by Crippen LogP contribution is -2.26. The molecule has 6 nitrogen and oxygen atoms in total. The van der Waals surface area contributed by atoms with Crippen molar-refractivity contribution in [2.24, 2.45) is 0 Å². The lowest BCUT2D eigenvalue weighted by molar-refractivity contribution is -0.138. The molecular formula is C23H29NO5. The summed E-state index contributed by atoms with van der Waals surface area (Å²) in [5.74, 6) is 0.813. The number of carboxylic acid groups (broad SMARTS) is 1.